The van der Waals surface area contributed by atoms with Crippen molar-refractivity contribution in [2.45, 2.75) is 0 Å². The Labute approximate surface area is 153 Å². The molecule has 0 fully saturated rings. The van der Waals surface area contributed by atoms with Gasteiger partial charge in [-0.2, -0.15) is 5.26 Å². The van der Waals surface area contributed by atoms with Crippen molar-refractivity contribution < 1.29 is 14.5 Å². The number of nitriles is 1. The third-order valence-corrected chi connectivity index (χ3v) is 3.47. The van der Waals surface area contributed by atoms with Gasteiger partial charge in [0.2, 0.25) is 0 Å². The number of hydrogen-bond acceptors (Lipinski definition) is 6. The van der Waals surface area contributed by atoms with Gasteiger partial charge < -0.3 is 15.4 Å². The molecule has 0 spiro atoms. The summed E-state index contributed by atoms with van der Waals surface area (Å²) < 4.78 is 5.13. The van der Waals surface area contributed by atoms with Crippen LogP contribution in [-0.4, -0.2) is 17.9 Å². The number of hydrogen-bond donors (Lipinski definition) is 2. The van der Waals surface area contributed by atoms with Gasteiger partial charge in [-0.25, -0.2) is 0 Å². The number of carbonyl (C=O) groups excluding carboxylic acids is 1. The number of nitro groups is 1. The Bertz CT molecular complexity index is 904. The highest BCUT2D eigenvalue weighted by atomic mass is 35.5. The standard InChI is InChI=1S/C17H13ClN4O4/c1-26-16-7-2-12(18)8-15(16)21-17(23)11(9-19)10-20-13-3-5-14(6-4-13)22(24)25/h2-8,10,20H,1H3,(H,21,23)/b11-10-. The van der Waals surface area contributed by atoms with E-state index in [9.17, 15) is 20.2 Å². The Morgan fingerprint density at radius 3 is 2.58 bits per heavy atom. The second kappa shape index (κ2) is 8.50. The molecule has 2 rings (SSSR count). The van der Waals surface area contributed by atoms with Gasteiger partial charge in [0.05, 0.1) is 17.7 Å². The molecule has 0 aliphatic heterocycles. The van der Waals surface area contributed by atoms with E-state index in [0.29, 0.717) is 22.1 Å². The third-order valence-electron chi connectivity index (χ3n) is 3.24. The van der Waals surface area contributed by atoms with Crippen molar-refractivity contribution in [2.75, 3.05) is 17.7 Å². The fourth-order valence-corrected chi connectivity index (χ4v) is 2.12. The van der Waals surface area contributed by atoms with E-state index in [1.54, 1.807) is 18.2 Å². The van der Waals surface area contributed by atoms with Crippen molar-refractivity contribution in [3.05, 3.63) is 69.4 Å². The average molecular weight is 373 g/mol. The van der Waals surface area contributed by atoms with Gasteiger partial charge in [0.1, 0.15) is 17.4 Å². The zero-order valence-electron chi connectivity index (χ0n) is 13.5. The Morgan fingerprint density at radius 2 is 2.00 bits per heavy atom. The summed E-state index contributed by atoms with van der Waals surface area (Å²) in [5.41, 5.74) is 0.536. The van der Waals surface area contributed by atoms with Crippen LogP contribution in [0.1, 0.15) is 0 Å². The molecule has 0 heterocycles. The molecule has 1 amide bonds. The largest absolute Gasteiger partial charge is 0.495 e. The van der Waals surface area contributed by atoms with Crippen molar-refractivity contribution in [2.24, 2.45) is 0 Å². The number of ether oxygens (including phenoxy) is 1. The van der Waals surface area contributed by atoms with E-state index < -0.39 is 10.8 Å². The highest BCUT2D eigenvalue weighted by molar-refractivity contribution is 6.31. The van der Waals surface area contributed by atoms with Crippen LogP contribution in [0.15, 0.2) is 54.2 Å². The lowest BCUT2D eigenvalue weighted by atomic mass is 10.2. The summed E-state index contributed by atoms with van der Waals surface area (Å²) >= 11 is 5.90. The van der Waals surface area contributed by atoms with Gasteiger partial charge in [-0.05, 0) is 30.3 Å². The predicted molar refractivity (Wildman–Crippen MR) is 97.0 cm³/mol. The molecule has 0 aromatic heterocycles. The van der Waals surface area contributed by atoms with Crippen LogP contribution >= 0.6 is 11.6 Å². The number of carbonyl (C=O) groups is 1. The average Bonchev–Trinajstić information content (AvgIpc) is 2.63. The molecule has 0 aliphatic carbocycles. The van der Waals surface area contributed by atoms with E-state index in [1.807, 2.05) is 0 Å². The quantitative estimate of drug-likeness (QED) is 0.345. The number of methoxy groups -OCH3 is 1. The van der Waals surface area contributed by atoms with Crippen molar-refractivity contribution in [3.8, 4) is 11.8 Å². The third kappa shape index (κ3) is 4.72. The van der Waals surface area contributed by atoms with Gasteiger partial charge in [0.25, 0.3) is 11.6 Å². The second-order valence-corrected chi connectivity index (χ2v) is 5.35. The first kappa shape index (κ1) is 18.8. The lowest BCUT2D eigenvalue weighted by Gasteiger charge is -2.10. The molecule has 132 valence electrons. The fraction of sp³-hybridized carbons (Fsp3) is 0.0588. The molecule has 26 heavy (non-hydrogen) atoms. The van der Waals surface area contributed by atoms with Crippen molar-refractivity contribution in [1.29, 1.82) is 5.26 Å². The van der Waals surface area contributed by atoms with Gasteiger partial charge in [-0.1, -0.05) is 11.6 Å². The molecular formula is C17H13ClN4O4. The van der Waals surface area contributed by atoms with E-state index in [-0.39, 0.29) is 11.3 Å². The summed E-state index contributed by atoms with van der Waals surface area (Å²) in [6.45, 7) is 0. The topological polar surface area (TPSA) is 117 Å². The molecule has 0 aliphatic rings. The molecule has 2 aromatic rings. The molecule has 0 saturated heterocycles. The second-order valence-electron chi connectivity index (χ2n) is 4.92. The maximum Gasteiger partial charge on any atom is 0.269 e. The SMILES string of the molecule is COc1ccc(Cl)cc1NC(=O)/C(C#N)=C\Nc1ccc([N+](=O)[O-])cc1. The number of halogens is 1. The zero-order chi connectivity index (χ0) is 19.1. The Morgan fingerprint density at radius 1 is 1.31 bits per heavy atom. The Kier molecular flexibility index (Phi) is 6.14. The summed E-state index contributed by atoms with van der Waals surface area (Å²) in [6, 6.07) is 12.0. The number of benzene rings is 2. The summed E-state index contributed by atoms with van der Waals surface area (Å²) in [6.07, 6.45) is 1.20. The van der Waals surface area contributed by atoms with Crippen LogP contribution in [0.4, 0.5) is 17.1 Å². The van der Waals surface area contributed by atoms with Gasteiger partial charge in [-0.15, -0.1) is 0 Å². The number of non-ortho nitro benzene ring substituents is 1. The van der Waals surface area contributed by atoms with Crippen molar-refractivity contribution in [3.63, 3.8) is 0 Å². The van der Waals surface area contributed by atoms with Gasteiger partial charge >= 0.3 is 0 Å². The number of nitrogens with one attached hydrogen (secondary N) is 2. The minimum absolute atomic E-state index is 0.0640. The van der Waals surface area contributed by atoms with E-state index >= 15 is 0 Å². The predicted octanol–water partition coefficient (Wildman–Crippen LogP) is 3.71. The number of rotatable bonds is 6. The van der Waals surface area contributed by atoms with E-state index in [4.69, 9.17) is 16.3 Å². The summed E-state index contributed by atoms with van der Waals surface area (Å²) in [7, 11) is 1.44. The molecule has 8 nitrogen and oxygen atoms in total. The Hall–Kier alpha value is -3.57. The number of nitro benzene ring substituents is 1. The van der Waals surface area contributed by atoms with Crippen LogP contribution in [0.5, 0.6) is 5.75 Å². The molecule has 0 atom stereocenters. The normalized spacial score (nSPS) is 10.6. The van der Waals surface area contributed by atoms with E-state index in [1.165, 1.54) is 43.6 Å². The fourth-order valence-electron chi connectivity index (χ4n) is 1.95. The monoisotopic (exact) mass is 372 g/mol. The Balaban J connectivity index is 2.13. The first-order valence-electron chi connectivity index (χ1n) is 7.20. The van der Waals surface area contributed by atoms with Crippen LogP contribution in [0.3, 0.4) is 0 Å². The minimum Gasteiger partial charge on any atom is -0.495 e. The zero-order valence-corrected chi connectivity index (χ0v) is 14.3. The van der Waals surface area contributed by atoms with E-state index in [2.05, 4.69) is 10.6 Å². The summed E-state index contributed by atoms with van der Waals surface area (Å²) in [5, 5.41) is 25.5. The van der Waals surface area contributed by atoms with Crippen LogP contribution in [-0.2, 0) is 4.79 Å². The first-order chi connectivity index (χ1) is 12.4. The van der Waals surface area contributed by atoms with Crippen LogP contribution in [0, 0.1) is 21.4 Å². The molecule has 0 radical (unpaired) electrons. The summed E-state index contributed by atoms with van der Waals surface area (Å²) in [4.78, 5) is 22.4. The highest BCUT2D eigenvalue weighted by Gasteiger charge is 2.13. The van der Waals surface area contributed by atoms with E-state index in [0.717, 1.165) is 0 Å². The number of nitrogens with zero attached hydrogens (tertiary/aromatic N) is 2. The first-order valence-corrected chi connectivity index (χ1v) is 7.58. The molecule has 2 aromatic carbocycles. The minimum atomic E-state index is -0.664. The smallest absolute Gasteiger partial charge is 0.269 e. The lowest BCUT2D eigenvalue weighted by Crippen LogP contribution is -2.15. The maximum absolute atomic E-state index is 12.3. The van der Waals surface area contributed by atoms with Crippen molar-refractivity contribution >= 4 is 34.6 Å². The molecular weight excluding hydrogens is 360 g/mol. The van der Waals surface area contributed by atoms with Crippen molar-refractivity contribution in [1.82, 2.24) is 0 Å². The number of anilines is 2. The van der Waals surface area contributed by atoms with Gasteiger partial charge in [-0.3, -0.25) is 14.9 Å². The lowest BCUT2D eigenvalue weighted by molar-refractivity contribution is -0.384. The van der Waals surface area contributed by atoms with Crippen LogP contribution in [0.2, 0.25) is 5.02 Å². The molecule has 0 bridgehead atoms. The molecule has 9 heteroatoms. The van der Waals surface area contributed by atoms with Gasteiger partial charge in [0, 0.05) is 29.0 Å². The maximum atomic E-state index is 12.3. The summed E-state index contributed by atoms with van der Waals surface area (Å²) in [5.74, 6) is -0.272. The van der Waals surface area contributed by atoms with Crippen LogP contribution in [0.25, 0.3) is 0 Å². The van der Waals surface area contributed by atoms with Crippen LogP contribution < -0.4 is 15.4 Å². The number of amides is 1. The molecule has 0 saturated carbocycles. The highest BCUT2D eigenvalue weighted by Crippen LogP contribution is 2.28. The molecule has 0 unspecified atom stereocenters. The van der Waals surface area contributed by atoms with Gasteiger partial charge in [0.15, 0.2) is 0 Å². The molecule has 2 N–H and O–H groups in total.